The van der Waals surface area contributed by atoms with Crippen LogP contribution in [-0.2, 0) is 14.3 Å². The van der Waals surface area contributed by atoms with Gasteiger partial charge in [0.1, 0.15) is 6.29 Å². The molecule has 1 fully saturated rings. The lowest BCUT2D eigenvalue weighted by Crippen LogP contribution is -2.27. The Morgan fingerprint density at radius 1 is 1.46 bits per heavy atom. The number of unbranched alkanes of at least 4 members (excludes halogenated alkanes) is 1. The highest BCUT2D eigenvalue weighted by Crippen LogP contribution is 2.31. The average Bonchev–Trinajstić information content (AvgIpc) is 3.04. The first kappa shape index (κ1) is 18.2. The van der Waals surface area contributed by atoms with Gasteiger partial charge in [-0.05, 0) is 6.42 Å². The van der Waals surface area contributed by atoms with Crippen LogP contribution < -0.4 is 10.2 Å². The number of carbonyl (C=O) groups is 2. The van der Waals surface area contributed by atoms with Crippen molar-refractivity contribution in [2.24, 2.45) is 5.92 Å². The molecule has 7 heteroatoms. The molecule has 2 unspecified atom stereocenters. The molecule has 1 aromatic rings. The highest BCUT2D eigenvalue weighted by Gasteiger charge is 2.33. The summed E-state index contributed by atoms with van der Waals surface area (Å²) in [7, 11) is 1.26. The van der Waals surface area contributed by atoms with E-state index in [0.717, 1.165) is 19.1 Å². The van der Waals surface area contributed by atoms with Gasteiger partial charge in [0.25, 0.3) is 0 Å². The van der Waals surface area contributed by atoms with Gasteiger partial charge in [-0.15, -0.1) is 0 Å². The smallest absolute Gasteiger partial charge is 0.358 e. The summed E-state index contributed by atoms with van der Waals surface area (Å²) >= 11 is 0. The van der Waals surface area contributed by atoms with Crippen LogP contribution in [0, 0.1) is 5.92 Å². The molecule has 0 spiro atoms. The lowest BCUT2D eigenvalue weighted by atomic mass is 9.99. The van der Waals surface area contributed by atoms with Crippen molar-refractivity contribution >= 4 is 12.3 Å². The molecule has 1 aliphatic rings. The van der Waals surface area contributed by atoms with Crippen molar-refractivity contribution in [2.75, 3.05) is 26.9 Å². The van der Waals surface area contributed by atoms with Crippen molar-refractivity contribution in [1.82, 2.24) is 4.57 Å². The number of aromatic nitrogens is 1. The molecule has 1 aliphatic heterocycles. The van der Waals surface area contributed by atoms with Crippen LogP contribution in [0.15, 0.2) is 17.1 Å². The van der Waals surface area contributed by atoms with Gasteiger partial charge in [-0.3, -0.25) is 4.79 Å². The molecule has 2 heterocycles. The maximum atomic E-state index is 12.3. The quantitative estimate of drug-likeness (QED) is 0.407. The molecule has 24 heavy (non-hydrogen) atoms. The van der Waals surface area contributed by atoms with Crippen LogP contribution in [-0.4, -0.2) is 43.8 Å². The zero-order valence-electron chi connectivity index (χ0n) is 14.0. The SMILES string of the molecule is CCCCOc1c(C(=O)OC)n(C2COCC2CC=O)ccc1=O. The Balaban J connectivity index is 2.46. The first-order valence-electron chi connectivity index (χ1n) is 8.11. The summed E-state index contributed by atoms with van der Waals surface area (Å²) in [4.78, 5) is 35.4. The predicted octanol–water partition coefficient (Wildman–Crippen LogP) is 1.59. The molecule has 0 saturated carbocycles. The van der Waals surface area contributed by atoms with Gasteiger partial charge in [-0.1, -0.05) is 13.3 Å². The van der Waals surface area contributed by atoms with Crippen molar-refractivity contribution in [3.8, 4) is 5.75 Å². The van der Waals surface area contributed by atoms with E-state index in [2.05, 4.69) is 0 Å². The maximum absolute atomic E-state index is 12.3. The molecule has 0 amide bonds. The van der Waals surface area contributed by atoms with Gasteiger partial charge >= 0.3 is 5.97 Å². The monoisotopic (exact) mass is 337 g/mol. The van der Waals surface area contributed by atoms with E-state index in [1.54, 1.807) is 10.8 Å². The van der Waals surface area contributed by atoms with Crippen LogP contribution in [0.3, 0.4) is 0 Å². The summed E-state index contributed by atoms with van der Waals surface area (Å²) in [6.45, 7) is 3.15. The third-order valence-electron chi connectivity index (χ3n) is 4.13. The van der Waals surface area contributed by atoms with E-state index in [9.17, 15) is 14.4 Å². The van der Waals surface area contributed by atoms with Crippen LogP contribution in [0.4, 0.5) is 0 Å². The van der Waals surface area contributed by atoms with Crippen LogP contribution in [0.5, 0.6) is 5.75 Å². The van der Waals surface area contributed by atoms with E-state index in [1.165, 1.54) is 13.2 Å². The number of rotatable bonds is 8. The first-order valence-corrected chi connectivity index (χ1v) is 8.11. The largest absolute Gasteiger partial charge is 0.487 e. The Morgan fingerprint density at radius 2 is 2.25 bits per heavy atom. The molecule has 1 aromatic heterocycles. The summed E-state index contributed by atoms with van der Waals surface area (Å²) in [5.74, 6) is -0.706. The molecule has 2 atom stereocenters. The lowest BCUT2D eigenvalue weighted by Gasteiger charge is -2.23. The molecule has 0 bridgehead atoms. The van der Waals surface area contributed by atoms with Crippen molar-refractivity contribution in [2.45, 2.75) is 32.2 Å². The Hall–Kier alpha value is -2.15. The molecular formula is C17H23NO6. The zero-order chi connectivity index (χ0) is 17.5. The molecule has 0 radical (unpaired) electrons. The van der Waals surface area contributed by atoms with Crippen molar-refractivity contribution in [3.63, 3.8) is 0 Å². The summed E-state index contributed by atoms with van der Waals surface area (Å²) in [6.07, 6.45) is 4.38. The second-order valence-corrected chi connectivity index (χ2v) is 5.73. The van der Waals surface area contributed by atoms with Gasteiger partial charge in [-0.25, -0.2) is 4.79 Å². The number of aldehydes is 1. The number of hydrogen-bond donors (Lipinski definition) is 0. The summed E-state index contributed by atoms with van der Waals surface area (Å²) in [5.41, 5.74) is -0.291. The first-order chi connectivity index (χ1) is 11.6. The highest BCUT2D eigenvalue weighted by molar-refractivity contribution is 5.90. The minimum atomic E-state index is -0.643. The molecule has 2 rings (SSSR count). The number of methoxy groups -OCH3 is 1. The van der Waals surface area contributed by atoms with E-state index in [0.29, 0.717) is 26.2 Å². The second-order valence-electron chi connectivity index (χ2n) is 5.73. The third kappa shape index (κ3) is 3.84. The lowest BCUT2D eigenvalue weighted by molar-refractivity contribution is -0.108. The summed E-state index contributed by atoms with van der Waals surface area (Å²) in [6, 6.07) is 1.14. The van der Waals surface area contributed by atoms with Gasteiger partial charge in [0, 0.05) is 24.6 Å². The van der Waals surface area contributed by atoms with Gasteiger partial charge in [0.05, 0.1) is 33.0 Å². The van der Waals surface area contributed by atoms with Crippen LogP contribution in [0.25, 0.3) is 0 Å². The second kappa shape index (κ2) is 8.63. The van der Waals surface area contributed by atoms with E-state index in [4.69, 9.17) is 14.2 Å². The van der Waals surface area contributed by atoms with Gasteiger partial charge < -0.3 is 23.6 Å². The Bertz CT molecular complexity index is 638. The van der Waals surface area contributed by atoms with Crippen molar-refractivity contribution < 1.29 is 23.8 Å². The number of hydrogen-bond acceptors (Lipinski definition) is 6. The van der Waals surface area contributed by atoms with Gasteiger partial charge in [-0.2, -0.15) is 0 Å². The summed E-state index contributed by atoms with van der Waals surface area (Å²) < 4.78 is 17.5. The van der Waals surface area contributed by atoms with E-state index in [-0.39, 0.29) is 28.8 Å². The van der Waals surface area contributed by atoms with Crippen molar-refractivity contribution in [3.05, 3.63) is 28.2 Å². The van der Waals surface area contributed by atoms with E-state index >= 15 is 0 Å². The predicted molar refractivity (Wildman–Crippen MR) is 86.5 cm³/mol. The van der Waals surface area contributed by atoms with Crippen LogP contribution >= 0.6 is 0 Å². The fourth-order valence-electron chi connectivity index (χ4n) is 2.80. The minimum Gasteiger partial charge on any atom is -0.487 e. The third-order valence-corrected chi connectivity index (χ3v) is 4.13. The molecule has 0 N–H and O–H groups in total. The number of nitrogens with zero attached hydrogens (tertiary/aromatic N) is 1. The highest BCUT2D eigenvalue weighted by atomic mass is 16.5. The normalized spacial score (nSPS) is 19.9. The Kier molecular flexibility index (Phi) is 6.54. The standard InChI is InChI=1S/C17H23NO6/c1-3-4-9-24-16-14(20)5-7-18(15(16)17(21)22-2)13-11-23-10-12(13)6-8-19/h5,7-8,12-13H,3-4,6,9-11H2,1-2H3. The fraction of sp³-hybridized carbons (Fsp3) is 0.588. The van der Waals surface area contributed by atoms with E-state index < -0.39 is 5.97 Å². The van der Waals surface area contributed by atoms with Gasteiger partial charge in [0.15, 0.2) is 11.4 Å². The van der Waals surface area contributed by atoms with Crippen LogP contribution in [0.2, 0.25) is 0 Å². The zero-order valence-corrected chi connectivity index (χ0v) is 14.0. The fourth-order valence-corrected chi connectivity index (χ4v) is 2.80. The number of carbonyl (C=O) groups excluding carboxylic acids is 2. The Morgan fingerprint density at radius 3 is 2.92 bits per heavy atom. The average molecular weight is 337 g/mol. The van der Waals surface area contributed by atoms with Crippen molar-refractivity contribution in [1.29, 1.82) is 0 Å². The number of ether oxygens (including phenoxy) is 3. The van der Waals surface area contributed by atoms with Crippen LogP contribution in [0.1, 0.15) is 42.7 Å². The molecule has 1 saturated heterocycles. The number of pyridine rings is 1. The maximum Gasteiger partial charge on any atom is 0.358 e. The molecular weight excluding hydrogens is 314 g/mol. The Labute approximate surface area is 140 Å². The molecule has 132 valence electrons. The van der Waals surface area contributed by atoms with E-state index in [1.807, 2.05) is 6.92 Å². The topological polar surface area (TPSA) is 83.8 Å². The number of esters is 1. The molecule has 7 nitrogen and oxygen atoms in total. The molecule has 0 aliphatic carbocycles. The summed E-state index contributed by atoms with van der Waals surface area (Å²) in [5, 5.41) is 0. The van der Waals surface area contributed by atoms with Gasteiger partial charge in [0.2, 0.25) is 5.43 Å². The molecule has 0 aromatic carbocycles. The minimum absolute atomic E-state index is 0.00504.